The van der Waals surface area contributed by atoms with Crippen molar-refractivity contribution in [3.05, 3.63) is 21.9 Å². The lowest BCUT2D eigenvalue weighted by Crippen LogP contribution is -2.26. The minimum absolute atomic E-state index is 0.195. The Balaban J connectivity index is 2.40. The summed E-state index contributed by atoms with van der Waals surface area (Å²) in [4.78, 5) is 14.2. The lowest BCUT2D eigenvalue weighted by molar-refractivity contribution is 0.0949. The average Bonchev–Trinajstić information content (AvgIpc) is 2.54. The van der Waals surface area contributed by atoms with Crippen molar-refractivity contribution in [2.75, 3.05) is 20.1 Å². The van der Waals surface area contributed by atoms with Crippen LogP contribution >= 0.6 is 23.2 Å². The van der Waals surface area contributed by atoms with Crippen molar-refractivity contribution in [1.29, 1.82) is 0 Å². The second-order valence-corrected chi connectivity index (χ2v) is 3.84. The van der Waals surface area contributed by atoms with Crippen molar-refractivity contribution < 1.29 is 4.79 Å². The number of hydrogen-bond donors (Lipinski definition) is 3. The standard InChI is InChI=1S/C9H13Cl2N3O/c1-12-3-2-4-13-9(15)7-5-6(10)8(11)14-7/h5,12,14H,2-4H2,1H3,(H,13,15). The van der Waals surface area contributed by atoms with Crippen LogP contribution in [-0.4, -0.2) is 31.0 Å². The molecule has 84 valence electrons. The largest absolute Gasteiger partial charge is 0.351 e. The van der Waals surface area contributed by atoms with Crippen LogP contribution in [0, 0.1) is 0 Å². The molecule has 1 aromatic rings. The number of nitrogens with one attached hydrogen (secondary N) is 3. The zero-order valence-electron chi connectivity index (χ0n) is 8.36. The van der Waals surface area contributed by atoms with Gasteiger partial charge in [-0.2, -0.15) is 0 Å². The molecular formula is C9H13Cl2N3O. The lowest BCUT2D eigenvalue weighted by Gasteiger charge is -2.02. The predicted molar refractivity (Wildman–Crippen MR) is 61.7 cm³/mol. The number of carbonyl (C=O) groups excluding carboxylic acids is 1. The molecule has 0 aliphatic carbocycles. The van der Waals surface area contributed by atoms with Crippen molar-refractivity contribution in [1.82, 2.24) is 15.6 Å². The first-order chi connectivity index (χ1) is 7.15. The van der Waals surface area contributed by atoms with Gasteiger partial charge in [0, 0.05) is 6.54 Å². The summed E-state index contributed by atoms with van der Waals surface area (Å²) >= 11 is 11.4. The number of aromatic nitrogens is 1. The molecule has 0 saturated carbocycles. The van der Waals surface area contributed by atoms with Crippen LogP contribution in [-0.2, 0) is 0 Å². The van der Waals surface area contributed by atoms with Crippen LogP contribution in [0.15, 0.2) is 6.07 Å². The van der Waals surface area contributed by atoms with Crippen LogP contribution in [0.1, 0.15) is 16.9 Å². The summed E-state index contributed by atoms with van der Waals surface area (Å²) in [6, 6.07) is 1.51. The highest BCUT2D eigenvalue weighted by Gasteiger charge is 2.10. The van der Waals surface area contributed by atoms with Gasteiger partial charge in [0.25, 0.3) is 5.91 Å². The second-order valence-electron chi connectivity index (χ2n) is 3.06. The highest BCUT2D eigenvalue weighted by Crippen LogP contribution is 2.21. The molecule has 0 saturated heterocycles. The van der Waals surface area contributed by atoms with Gasteiger partial charge in [-0.05, 0) is 26.1 Å². The van der Waals surface area contributed by atoms with Gasteiger partial charge < -0.3 is 15.6 Å². The third kappa shape index (κ3) is 3.74. The predicted octanol–water partition coefficient (Wildman–Crippen LogP) is 1.66. The minimum Gasteiger partial charge on any atom is -0.351 e. The molecule has 0 aliphatic rings. The highest BCUT2D eigenvalue weighted by molar-refractivity contribution is 6.41. The van der Waals surface area contributed by atoms with Gasteiger partial charge in [0.1, 0.15) is 10.8 Å². The quantitative estimate of drug-likeness (QED) is 0.696. The summed E-state index contributed by atoms with van der Waals surface area (Å²) < 4.78 is 0. The zero-order chi connectivity index (χ0) is 11.3. The van der Waals surface area contributed by atoms with E-state index in [1.165, 1.54) is 6.07 Å². The number of carbonyl (C=O) groups is 1. The van der Waals surface area contributed by atoms with E-state index in [1.54, 1.807) is 0 Å². The summed E-state index contributed by atoms with van der Waals surface area (Å²) in [7, 11) is 1.87. The van der Waals surface area contributed by atoms with Crippen LogP contribution in [0.5, 0.6) is 0 Å². The molecule has 0 aromatic carbocycles. The SMILES string of the molecule is CNCCCNC(=O)c1cc(Cl)c(Cl)[nH]1. The fourth-order valence-corrected chi connectivity index (χ4v) is 1.40. The Morgan fingerprint density at radius 1 is 1.47 bits per heavy atom. The second kappa shape index (κ2) is 6.00. The molecule has 1 heterocycles. The first kappa shape index (κ1) is 12.4. The molecule has 1 rings (SSSR count). The molecule has 0 radical (unpaired) electrons. The first-order valence-electron chi connectivity index (χ1n) is 4.62. The van der Waals surface area contributed by atoms with Crippen LogP contribution in [0.2, 0.25) is 10.2 Å². The maximum Gasteiger partial charge on any atom is 0.267 e. The molecule has 0 unspecified atom stereocenters. The molecule has 0 atom stereocenters. The van der Waals surface area contributed by atoms with Crippen LogP contribution < -0.4 is 10.6 Å². The van der Waals surface area contributed by atoms with Gasteiger partial charge in [-0.25, -0.2) is 0 Å². The number of aromatic amines is 1. The minimum atomic E-state index is -0.195. The Hall–Kier alpha value is -0.710. The summed E-state index contributed by atoms with van der Waals surface area (Å²) in [5.41, 5.74) is 0.384. The molecule has 3 N–H and O–H groups in total. The molecule has 0 bridgehead atoms. The number of hydrogen-bond acceptors (Lipinski definition) is 2. The molecule has 6 heteroatoms. The van der Waals surface area contributed by atoms with Crippen LogP contribution in [0.4, 0.5) is 0 Å². The van der Waals surface area contributed by atoms with E-state index in [-0.39, 0.29) is 11.1 Å². The van der Waals surface area contributed by atoms with Crippen molar-refractivity contribution in [3.63, 3.8) is 0 Å². The summed E-state index contributed by atoms with van der Waals surface area (Å²) in [5.74, 6) is -0.195. The molecule has 1 amide bonds. The number of amides is 1. The number of H-pyrrole nitrogens is 1. The van der Waals surface area contributed by atoms with Gasteiger partial charge in [0.15, 0.2) is 0 Å². The van der Waals surface area contributed by atoms with E-state index in [0.29, 0.717) is 17.3 Å². The summed E-state index contributed by atoms with van der Waals surface area (Å²) in [6.07, 6.45) is 0.879. The fraction of sp³-hybridized carbons (Fsp3) is 0.444. The van der Waals surface area contributed by atoms with E-state index >= 15 is 0 Å². The maximum absolute atomic E-state index is 11.5. The van der Waals surface area contributed by atoms with Crippen molar-refractivity contribution >= 4 is 29.1 Å². The van der Waals surface area contributed by atoms with Gasteiger partial charge in [-0.3, -0.25) is 4.79 Å². The van der Waals surface area contributed by atoms with E-state index in [1.807, 2.05) is 7.05 Å². The molecule has 0 fully saturated rings. The van der Waals surface area contributed by atoms with Crippen LogP contribution in [0.3, 0.4) is 0 Å². The van der Waals surface area contributed by atoms with E-state index in [4.69, 9.17) is 23.2 Å². The number of rotatable bonds is 5. The van der Waals surface area contributed by atoms with E-state index in [2.05, 4.69) is 15.6 Å². The summed E-state index contributed by atoms with van der Waals surface area (Å²) in [6.45, 7) is 1.49. The topological polar surface area (TPSA) is 56.9 Å². The Kier molecular flexibility index (Phi) is 4.94. The normalized spacial score (nSPS) is 10.3. The third-order valence-corrected chi connectivity index (χ3v) is 2.55. The van der Waals surface area contributed by atoms with Gasteiger partial charge in [0.2, 0.25) is 0 Å². The van der Waals surface area contributed by atoms with Gasteiger partial charge in [0.05, 0.1) is 5.02 Å². The fourth-order valence-electron chi connectivity index (χ4n) is 1.09. The average molecular weight is 250 g/mol. The van der Waals surface area contributed by atoms with E-state index in [9.17, 15) is 4.79 Å². The van der Waals surface area contributed by atoms with E-state index in [0.717, 1.165) is 13.0 Å². The molecule has 4 nitrogen and oxygen atoms in total. The van der Waals surface area contributed by atoms with Crippen molar-refractivity contribution in [2.24, 2.45) is 0 Å². The highest BCUT2D eigenvalue weighted by atomic mass is 35.5. The van der Waals surface area contributed by atoms with Gasteiger partial charge >= 0.3 is 0 Å². The zero-order valence-corrected chi connectivity index (χ0v) is 9.87. The lowest BCUT2D eigenvalue weighted by atomic mass is 10.3. The molecule has 15 heavy (non-hydrogen) atoms. The smallest absolute Gasteiger partial charge is 0.267 e. The molecular weight excluding hydrogens is 237 g/mol. The van der Waals surface area contributed by atoms with Crippen molar-refractivity contribution in [3.8, 4) is 0 Å². The van der Waals surface area contributed by atoms with E-state index < -0.39 is 0 Å². The first-order valence-corrected chi connectivity index (χ1v) is 5.37. The molecule has 0 spiro atoms. The molecule has 1 aromatic heterocycles. The Morgan fingerprint density at radius 3 is 2.73 bits per heavy atom. The Labute approximate surface area is 98.3 Å². The number of halogens is 2. The summed E-state index contributed by atoms with van der Waals surface area (Å²) in [5, 5.41) is 6.39. The Morgan fingerprint density at radius 2 is 2.20 bits per heavy atom. The maximum atomic E-state index is 11.5. The van der Waals surface area contributed by atoms with Gasteiger partial charge in [-0.1, -0.05) is 23.2 Å². The monoisotopic (exact) mass is 249 g/mol. The molecule has 0 aliphatic heterocycles. The van der Waals surface area contributed by atoms with Crippen LogP contribution in [0.25, 0.3) is 0 Å². The Bertz CT molecular complexity index is 319. The third-order valence-electron chi connectivity index (χ3n) is 1.86. The van der Waals surface area contributed by atoms with Gasteiger partial charge in [-0.15, -0.1) is 0 Å². The van der Waals surface area contributed by atoms with Crippen molar-refractivity contribution in [2.45, 2.75) is 6.42 Å².